The molecule has 174 valence electrons. The summed E-state index contributed by atoms with van der Waals surface area (Å²) in [6, 6.07) is 17.2. The van der Waals surface area contributed by atoms with E-state index in [1.54, 1.807) is 12.1 Å². The minimum Gasteiger partial charge on any atom is -0.465 e. The zero-order chi connectivity index (χ0) is 24.2. The van der Waals surface area contributed by atoms with E-state index in [1.165, 1.54) is 24.4 Å². The molecule has 2 aromatic heterocycles. The molecule has 0 amide bonds. The topological polar surface area (TPSA) is 89.9 Å². The van der Waals surface area contributed by atoms with Crippen molar-refractivity contribution in [3.63, 3.8) is 0 Å². The summed E-state index contributed by atoms with van der Waals surface area (Å²) in [7, 11) is 1.36. The van der Waals surface area contributed by atoms with Crippen molar-refractivity contribution in [1.29, 1.82) is 0 Å². The molecule has 8 heteroatoms. The van der Waals surface area contributed by atoms with Gasteiger partial charge >= 0.3 is 5.97 Å². The van der Waals surface area contributed by atoms with E-state index >= 15 is 0 Å². The van der Waals surface area contributed by atoms with E-state index in [9.17, 15) is 9.59 Å². The van der Waals surface area contributed by atoms with Crippen LogP contribution in [0.15, 0.2) is 59.8 Å². The van der Waals surface area contributed by atoms with E-state index in [2.05, 4.69) is 34.2 Å². The molecule has 0 aliphatic carbocycles. The molecule has 2 heterocycles. The first-order valence-corrected chi connectivity index (χ1v) is 11.9. The molecule has 0 spiro atoms. The molecule has 0 radical (unpaired) electrons. The maximum Gasteiger partial charge on any atom is 0.337 e. The Morgan fingerprint density at radius 3 is 2.41 bits per heavy atom. The Morgan fingerprint density at radius 2 is 1.76 bits per heavy atom. The van der Waals surface area contributed by atoms with E-state index in [0.717, 1.165) is 29.1 Å². The highest BCUT2D eigenvalue weighted by Gasteiger charge is 2.18. The molecule has 0 aliphatic rings. The first-order valence-electron chi connectivity index (χ1n) is 11.0. The lowest BCUT2D eigenvalue weighted by molar-refractivity contribution is 0.0600. The zero-order valence-corrected chi connectivity index (χ0v) is 20.4. The Morgan fingerprint density at radius 1 is 1.06 bits per heavy atom. The number of H-pyrrole nitrogens is 1. The molecule has 0 fully saturated rings. The van der Waals surface area contributed by atoms with Gasteiger partial charge in [-0.15, -0.1) is 5.10 Å². The number of thioether (sulfide) groups is 1. The third kappa shape index (κ3) is 4.82. The zero-order valence-electron chi connectivity index (χ0n) is 19.6. The molecule has 0 saturated heterocycles. The highest BCUT2D eigenvalue weighted by molar-refractivity contribution is 7.99. The average Bonchev–Trinajstić information content (AvgIpc) is 3.46. The van der Waals surface area contributed by atoms with Gasteiger partial charge in [-0.1, -0.05) is 43.0 Å². The lowest BCUT2D eigenvalue weighted by atomic mass is 10.1. The summed E-state index contributed by atoms with van der Waals surface area (Å²) in [5.74, 6) is 0.548. The van der Waals surface area contributed by atoms with Gasteiger partial charge in [0.25, 0.3) is 0 Å². The molecule has 7 nitrogen and oxygen atoms in total. The van der Waals surface area contributed by atoms with E-state index in [4.69, 9.17) is 4.74 Å². The van der Waals surface area contributed by atoms with Crippen LogP contribution in [-0.2, 0) is 11.2 Å². The fraction of sp³-hybridized carbons (Fsp3) is 0.231. The number of ketones is 1. The van der Waals surface area contributed by atoms with Gasteiger partial charge in [0, 0.05) is 28.2 Å². The van der Waals surface area contributed by atoms with Gasteiger partial charge in [-0.2, -0.15) is 0 Å². The van der Waals surface area contributed by atoms with Crippen molar-refractivity contribution >= 4 is 23.5 Å². The summed E-state index contributed by atoms with van der Waals surface area (Å²) in [5, 5.41) is 7.75. The summed E-state index contributed by atoms with van der Waals surface area (Å²) in [5.41, 5.74) is 6.03. The molecule has 1 N–H and O–H groups in total. The van der Waals surface area contributed by atoms with Gasteiger partial charge in [-0.3, -0.25) is 9.89 Å². The predicted octanol–water partition coefficient (Wildman–Crippen LogP) is 5.20. The van der Waals surface area contributed by atoms with Gasteiger partial charge < -0.3 is 9.30 Å². The molecule has 2 aromatic carbocycles. The number of methoxy groups -OCH3 is 1. The quantitative estimate of drug-likeness (QED) is 0.214. The van der Waals surface area contributed by atoms with Crippen molar-refractivity contribution in [2.24, 2.45) is 0 Å². The molecule has 4 rings (SSSR count). The lowest BCUT2D eigenvalue weighted by Crippen LogP contribution is -2.06. The summed E-state index contributed by atoms with van der Waals surface area (Å²) < 4.78 is 6.76. The summed E-state index contributed by atoms with van der Waals surface area (Å²) in [4.78, 5) is 29.2. The first kappa shape index (κ1) is 23.5. The number of Topliss-reactive ketones (excluding diaryl/α,β-unsaturated/α-hetero) is 1. The van der Waals surface area contributed by atoms with E-state index in [0.29, 0.717) is 22.1 Å². The second-order valence-electron chi connectivity index (χ2n) is 7.89. The number of rotatable bonds is 8. The fourth-order valence-corrected chi connectivity index (χ4v) is 4.53. The predicted molar refractivity (Wildman–Crippen MR) is 133 cm³/mol. The number of aromatic amines is 1. The number of hydrogen-bond donors (Lipinski definition) is 1. The Bertz CT molecular complexity index is 1320. The Balaban J connectivity index is 1.46. The van der Waals surface area contributed by atoms with Gasteiger partial charge in [0.15, 0.2) is 11.6 Å². The number of hydrogen-bond acceptors (Lipinski definition) is 6. The van der Waals surface area contributed by atoms with Crippen LogP contribution in [-0.4, -0.2) is 44.4 Å². The third-order valence-electron chi connectivity index (χ3n) is 5.71. The van der Waals surface area contributed by atoms with Crippen molar-refractivity contribution in [3.8, 4) is 17.1 Å². The highest BCUT2D eigenvalue weighted by atomic mass is 32.2. The van der Waals surface area contributed by atoms with Gasteiger partial charge in [0.2, 0.25) is 5.16 Å². The van der Waals surface area contributed by atoms with Crippen LogP contribution in [0.2, 0.25) is 0 Å². The van der Waals surface area contributed by atoms with Gasteiger partial charge in [0.05, 0.1) is 18.4 Å². The first-order chi connectivity index (χ1) is 16.4. The number of esters is 1. The van der Waals surface area contributed by atoms with Crippen molar-refractivity contribution in [3.05, 3.63) is 82.7 Å². The summed E-state index contributed by atoms with van der Waals surface area (Å²) >= 11 is 1.31. The normalized spacial score (nSPS) is 10.9. The van der Waals surface area contributed by atoms with Crippen LogP contribution in [0, 0.1) is 13.8 Å². The molecule has 34 heavy (non-hydrogen) atoms. The minimum atomic E-state index is -0.381. The standard InChI is InChI=1S/C26H26N4O3S/c1-5-18-6-8-19(9-7-18)24-27-26(29-28-24)34-15-23(31)22-14-16(2)30(17(22)3)21-12-10-20(11-13-21)25(32)33-4/h6-14H,5,15H2,1-4H3,(H,27,28,29). The van der Waals surface area contributed by atoms with Crippen LogP contribution in [0.1, 0.15) is 44.6 Å². The molecule has 0 bridgehead atoms. The lowest BCUT2D eigenvalue weighted by Gasteiger charge is -2.10. The summed E-state index contributed by atoms with van der Waals surface area (Å²) in [6.07, 6.45) is 0.985. The van der Waals surface area contributed by atoms with Crippen LogP contribution < -0.4 is 0 Å². The number of nitrogens with zero attached hydrogens (tertiary/aromatic N) is 3. The van der Waals surface area contributed by atoms with Crippen LogP contribution in [0.3, 0.4) is 0 Å². The second-order valence-corrected chi connectivity index (χ2v) is 8.83. The fourth-order valence-electron chi connectivity index (χ4n) is 3.85. The number of ether oxygens (including phenoxy) is 1. The number of benzene rings is 2. The SMILES string of the molecule is CCc1ccc(-c2nc(SCC(=O)c3cc(C)n(-c4ccc(C(=O)OC)cc4)c3C)n[nH]2)cc1. The average molecular weight is 475 g/mol. The minimum absolute atomic E-state index is 0.00850. The molecular weight excluding hydrogens is 448 g/mol. The van der Waals surface area contributed by atoms with Crippen LogP contribution in [0.5, 0.6) is 0 Å². The van der Waals surface area contributed by atoms with Crippen molar-refractivity contribution in [2.75, 3.05) is 12.9 Å². The Kier molecular flexibility index (Phi) is 6.98. The van der Waals surface area contributed by atoms with Crippen molar-refractivity contribution in [2.45, 2.75) is 32.3 Å². The van der Waals surface area contributed by atoms with E-state index < -0.39 is 0 Å². The largest absolute Gasteiger partial charge is 0.465 e. The maximum atomic E-state index is 13.0. The second kappa shape index (κ2) is 10.1. The smallest absolute Gasteiger partial charge is 0.337 e. The maximum absolute atomic E-state index is 13.0. The van der Waals surface area contributed by atoms with Gasteiger partial charge in [0.1, 0.15) is 0 Å². The number of nitrogens with one attached hydrogen (secondary N) is 1. The molecule has 0 atom stereocenters. The molecule has 4 aromatic rings. The molecule has 0 saturated carbocycles. The van der Waals surface area contributed by atoms with Crippen LogP contribution in [0.25, 0.3) is 17.1 Å². The van der Waals surface area contributed by atoms with Gasteiger partial charge in [-0.25, -0.2) is 9.78 Å². The van der Waals surface area contributed by atoms with Crippen LogP contribution in [0.4, 0.5) is 0 Å². The van der Waals surface area contributed by atoms with Crippen LogP contribution >= 0.6 is 11.8 Å². The number of aryl methyl sites for hydroxylation is 2. The number of carbonyl (C=O) groups is 2. The summed E-state index contributed by atoms with van der Waals surface area (Å²) in [6.45, 7) is 5.99. The molecule has 0 aliphatic heterocycles. The number of carbonyl (C=O) groups excluding carboxylic acids is 2. The van der Waals surface area contributed by atoms with E-state index in [-0.39, 0.29) is 17.5 Å². The Labute approximate surface area is 202 Å². The molecule has 0 unspecified atom stereocenters. The third-order valence-corrected chi connectivity index (χ3v) is 6.56. The van der Waals surface area contributed by atoms with Gasteiger partial charge in [-0.05, 0) is 56.2 Å². The van der Waals surface area contributed by atoms with E-state index in [1.807, 2.05) is 48.7 Å². The molecular formula is C26H26N4O3S. The van der Waals surface area contributed by atoms with Crippen molar-refractivity contribution < 1.29 is 14.3 Å². The monoisotopic (exact) mass is 474 g/mol. The highest BCUT2D eigenvalue weighted by Crippen LogP contribution is 2.25. The Hall–Kier alpha value is -3.65. The van der Waals surface area contributed by atoms with Crippen molar-refractivity contribution in [1.82, 2.24) is 19.7 Å². The number of aromatic nitrogens is 4.